The molecule has 0 spiro atoms. The first-order valence-electron chi connectivity index (χ1n) is 9.97. The lowest BCUT2D eigenvalue weighted by Gasteiger charge is -2.37. The molecule has 2 saturated heterocycles. The molecule has 1 amide bonds. The van der Waals surface area contributed by atoms with Crippen molar-refractivity contribution in [1.82, 2.24) is 9.80 Å². The van der Waals surface area contributed by atoms with E-state index in [0.29, 0.717) is 24.1 Å². The number of halogens is 2. The van der Waals surface area contributed by atoms with Crippen LogP contribution in [0.25, 0.3) is 0 Å². The van der Waals surface area contributed by atoms with Gasteiger partial charge < -0.3 is 9.64 Å². The van der Waals surface area contributed by atoms with Gasteiger partial charge in [0.15, 0.2) is 0 Å². The van der Waals surface area contributed by atoms with Gasteiger partial charge in [-0.2, -0.15) is 0 Å². The van der Waals surface area contributed by atoms with Crippen LogP contribution in [0.5, 0.6) is 5.75 Å². The number of hydrogen-bond donors (Lipinski definition) is 0. The number of fused-ring (bicyclic) bond motifs is 1. The van der Waals surface area contributed by atoms with Crippen molar-refractivity contribution >= 4 is 18.3 Å². The van der Waals surface area contributed by atoms with E-state index in [2.05, 4.69) is 24.0 Å². The third-order valence-corrected chi connectivity index (χ3v) is 6.06. The average Bonchev–Trinajstić information content (AvgIpc) is 3.13. The van der Waals surface area contributed by atoms with Gasteiger partial charge in [-0.3, -0.25) is 9.69 Å². The van der Waals surface area contributed by atoms with E-state index < -0.39 is 0 Å². The van der Waals surface area contributed by atoms with E-state index in [4.69, 9.17) is 4.74 Å². The molecule has 2 aromatic rings. The fraction of sp³-hybridized carbons (Fsp3) is 0.435. The number of carbonyl (C=O) groups excluding carboxylic acids is 1. The fourth-order valence-corrected chi connectivity index (χ4v) is 4.69. The summed E-state index contributed by atoms with van der Waals surface area (Å²) in [5.74, 6) is 0.957. The van der Waals surface area contributed by atoms with Gasteiger partial charge in [-0.1, -0.05) is 23.8 Å². The van der Waals surface area contributed by atoms with Gasteiger partial charge in [0.05, 0.1) is 7.11 Å². The number of ether oxygens (including phenoxy) is 1. The van der Waals surface area contributed by atoms with Gasteiger partial charge in [-0.05, 0) is 56.5 Å². The van der Waals surface area contributed by atoms with Gasteiger partial charge >= 0.3 is 0 Å². The number of likely N-dealkylation sites (tertiary alicyclic amines) is 2. The molecule has 2 aliphatic heterocycles. The Balaban J connectivity index is 0.00000240. The SMILES string of the molecule is COc1ccc(C)cc1CN1CCC[C@@H]2CN(C(=O)c3cccc(F)c3)C[C@@H]21.Cl. The summed E-state index contributed by atoms with van der Waals surface area (Å²) < 4.78 is 19.1. The van der Waals surface area contributed by atoms with E-state index in [1.807, 2.05) is 11.0 Å². The van der Waals surface area contributed by atoms with Crippen LogP contribution in [0.4, 0.5) is 4.39 Å². The van der Waals surface area contributed by atoms with E-state index in [-0.39, 0.29) is 24.1 Å². The highest BCUT2D eigenvalue weighted by Crippen LogP contribution is 2.33. The molecule has 0 unspecified atom stereocenters. The summed E-state index contributed by atoms with van der Waals surface area (Å²) >= 11 is 0. The number of hydrogen-bond acceptors (Lipinski definition) is 3. The minimum Gasteiger partial charge on any atom is -0.496 e. The Kier molecular flexibility index (Phi) is 6.81. The summed E-state index contributed by atoms with van der Waals surface area (Å²) in [4.78, 5) is 17.3. The van der Waals surface area contributed by atoms with E-state index in [0.717, 1.165) is 38.2 Å². The summed E-state index contributed by atoms with van der Waals surface area (Å²) in [6.07, 6.45) is 2.27. The highest BCUT2D eigenvalue weighted by Gasteiger charge is 2.41. The molecular formula is C23H28ClFN2O2. The van der Waals surface area contributed by atoms with Crippen LogP contribution in [0.2, 0.25) is 0 Å². The monoisotopic (exact) mass is 418 g/mol. The second-order valence-corrected chi connectivity index (χ2v) is 7.98. The quantitative estimate of drug-likeness (QED) is 0.742. The third-order valence-electron chi connectivity index (χ3n) is 6.06. The first-order valence-corrected chi connectivity index (χ1v) is 9.97. The molecule has 2 heterocycles. The standard InChI is InChI=1S/C23H27FN2O2.ClH/c1-16-8-9-22(28-2)19(11-16)14-25-10-4-6-18-13-26(15-21(18)25)23(27)17-5-3-7-20(24)12-17;/h3,5,7-9,11-12,18,21H,4,6,10,13-15H2,1-2H3;1H/t18-,21+;/m1./s1. The maximum atomic E-state index is 13.5. The summed E-state index contributed by atoms with van der Waals surface area (Å²) in [7, 11) is 1.71. The average molecular weight is 419 g/mol. The number of nitrogens with zero attached hydrogens (tertiary/aromatic N) is 2. The van der Waals surface area contributed by atoms with Crippen molar-refractivity contribution < 1.29 is 13.9 Å². The minimum absolute atomic E-state index is 0. The van der Waals surface area contributed by atoms with Gasteiger partial charge in [0.25, 0.3) is 5.91 Å². The second kappa shape index (κ2) is 9.14. The topological polar surface area (TPSA) is 32.8 Å². The van der Waals surface area contributed by atoms with E-state index >= 15 is 0 Å². The van der Waals surface area contributed by atoms with Crippen LogP contribution in [0.3, 0.4) is 0 Å². The summed E-state index contributed by atoms with van der Waals surface area (Å²) in [6.45, 7) is 5.40. The van der Waals surface area contributed by atoms with Crippen LogP contribution in [0.15, 0.2) is 42.5 Å². The molecule has 2 aromatic carbocycles. The smallest absolute Gasteiger partial charge is 0.254 e. The third kappa shape index (κ3) is 4.57. The zero-order valence-corrected chi connectivity index (χ0v) is 17.8. The minimum atomic E-state index is -0.365. The molecule has 0 aromatic heterocycles. The van der Waals surface area contributed by atoms with Crippen molar-refractivity contribution in [2.24, 2.45) is 5.92 Å². The molecular weight excluding hydrogens is 391 g/mol. The maximum Gasteiger partial charge on any atom is 0.254 e. The number of piperidine rings is 1. The van der Waals surface area contributed by atoms with E-state index in [9.17, 15) is 9.18 Å². The van der Waals surface area contributed by atoms with Gasteiger partial charge in [-0.15, -0.1) is 12.4 Å². The molecule has 0 N–H and O–H groups in total. The first-order chi connectivity index (χ1) is 13.5. The summed E-state index contributed by atoms with van der Waals surface area (Å²) in [5, 5.41) is 0. The second-order valence-electron chi connectivity index (χ2n) is 7.98. The molecule has 0 aliphatic carbocycles. The Hall–Kier alpha value is -2.11. The lowest BCUT2D eigenvalue weighted by atomic mass is 9.91. The van der Waals surface area contributed by atoms with Crippen molar-refractivity contribution in [1.29, 1.82) is 0 Å². The Morgan fingerprint density at radius 3 is 2.79 bits per heavy atom. The Bertz CT molecular complexity index is 876. The van der Waals surface area contributed by atoms with Crippen molar-refractivity contribution in [3.8, 4) is 5.75 Å². The Morgan fingerprint density at radius 1 is 1.21 bits per heavy atom. The number of carbonyl (C=O) groups is 1. The largest absolute Gasteiger partial charge is 0.496 e. The van der Waals surface area contributed by atoms with Gasteiger partial charge in [-0.25, -0.2) is 4.39 Å². The van der Waals surface area contributed by atoms with Gasteiger partial charge in [0.1, 0.15) is 11.6 Å². The van der Waals surface area contributed by atoms with Crippen molar-refractivity contribution in [2.75, 3.05) is 26.7 Å². The van der Waals surface area contributed by atoms with Crippen LogP contribution in [0.1, 0.15) is 34.3 Å². The summed E-state index contributed by atoms with van der Waals surface area (Å²) in [6, 6.07) is 12.6. The Morgan fingerprint density at radius 2 is 2.03 bits per heavy atom. The molecule has 4 nitrogen and oxygen atoms in total. The van der Waals surface area contributed by atoms with Crippen LogP contribution in [-0.2, 0) is 6.54 Å². The molecule has 0 bridgehead atoms. The number of rotatable bonds is 4. The first kappa shape index (κ1) is 21.6. The highest BCUT2D eigenvalue weighted by atomic mass is 35.5. The molecule has 0 radical (unpaired) electrons. The van der Waals surface area contributed by atoms with Crippen molar-refractivity contribution in [2.45, 2.75) is 32.4 Å². The molecule has 2 atom stereocenters. The molecule has 0 saturated carbocycles. The fourth-order valence-electron chi connectivity index (χ4n) is 4.69. The Labute approximate surface area is 178 Å². The normalized spacial score (nSPS) is 21.4. The van der Waals surface area contributed by atoms with Gasteiger partial charge in [0.2, 0.25) is 0 Å². The maximum absolute atomic E-state index is 13.5. The van der Waals surface area contributed by atoms with Crippen LogP contribution < -0.4 is 4.74 Å². The lowest BCUT2D eigenvalue weighted by Crippen LogP contribution is -2.44. The zero-order chi connectivity index (χ0) is 19.7. The number of amides is 1. The molecule has 2 aliphatic rings. The lowest BCUT2D eigenvalue weighted by molar-refractivity contribution is 0.0773. The zero-order valence-electron chi connectivity index (χ0n) is 16.9. The van der Waals surface area contributed by atoms with E-state index in [1.54, 1.807) is 19.2 Å². The number of benzene rings is 2. The molecule has 6 heteroatoms. The van der Waals surface area contributed by atoms with Crippen LogP contribution in [0, 0.1) is 18.7 Å². The predicted octanol–water partition coefficient (Wildman–Crippen LogP) is 4.30. The van der Waals surface area contributed by atoms with Crippen molar-refractivity contribution in [3.05, 3.63) is 65.0 Å². The summed E-state index contributed by atoms with van der Waals surface area (Å²) in [5.41, 5.74) is 2.85. The predicted molar refractivity (Wildman–Crippen MR) is 114 cm³/mol. The van der Waals surface area contributed by atoms with Crippen LogP contribution >= 0.6 is 12.4 Å². The molecule has 156 valence electrons. The highest BCUT2D eigenvalue weighted by molar-refractivity contribution is 5.94. The van der Waals surface area contributed by atoms with Crippen molar-refractivity contribution in [3.63, 3.8) is 0 Å². The van der Waals surface area contributed by atoms with Gasteiger partial charge in [0, 0.05) is 36.8 Å². The molecule has 2 fully saturated rings. The molecule has 29 heavy (non-hydrogen) atoms. The van der Waals surface area contributed by atoms with E-state index in [1.165, 1.54) is 23.3 Å². The molecule has 4 rings (SSSR count). The number of methoxy groups -OCH3 is 1. The van der Waals surface area contributed by atoms with Crippen LogP contribution in [-0.4, -0.2) is 48.5 Å². The number of aryl methyl sites for hydroxylation is 1.